The monoisotopic (exact) mass is 414 g/mol. The van der Waals surface area contributed by atoms with Gasteiger partial charge >= 0.3 is 35.8 Å². The molecular formula is C19H10O11. The number of carboxylic acids is 4. The molecule has 11 nitrogen and oxygen atoms in total. The van der Waals surface area contributed by atoms with E-state index in [1.54, 1.807) is 0 Å². The van der Waals surface area contributed by atoms with E-state index in [4.69, 9.17) is 0 Å². The van der Waals surface area contributed by atoms with Crippen molar-refractivity contribution in [2.24, 2.45) is 0 Å². The minimum Gasteiger partial charge on any atom is -0.478 e. The third kappa shape index (κ3) is 2.60. The van der Waals surface area contributed by atoms with Crippen LogP contribution in [0.5, 0.6) is 0 Å². The summed E-state index contributed by atoms with van der Waals surface area (Å²) in [4.78, 5) is 71.8. The predicted molar refractivity (Wildman–Crippen MR) is 92.6 cm³/mol. The van der Waals surface area contributed by atoms with Gasteiger partial charge in [-0.15, -0.1) is 0 Å². The second-order valence-electron chi connectivity index (χ2n) is 6.10. The van der Waals surface area contributed by atoms with Crippen LogP contribution in [0.3, 0.4) is 0 Å². The van der Waals surface area contributed by atoms with Gasteiger partial charge in [-0.1, -0.05) is 24.3 Å². The average molecular weight is 414 g/mol. The van der Waals surface area contributed by atoms with Gasteiger partial charge < -0.3 is 25.2 Å². The molecule has 3 rings (SSSR count). The molecule has 11 heteroatoms. The minimum atomic E-state index is -2.67. The molecule has 1 aliphatic rings. The third-order valence-corrected chi connectivity index (χ3v) is 4.62. The first kappa shape index (κ1) is 20.2. The summed E-state index contributed by atoms with van der Waals surface area (Å²) in [5.74, 6) is -9.71. The van der Waals surface area contributed by atoms with E-state index >= 15 is 0 Å². The molecule has 0 aromatic heterocycles. The molecular weight excluding hydrogens is 404 g/mol. The Hall–Kier alpha value is -4.54. The van der Waals surface area contributed by atoms with Crippen molar-refractivity contribution in [3.8, 4) is 0 Å². The first-order chi connectivity index (χ1) is 14.0. The smallest absolute Gasteiger partial charge is 0.340 e. The topological polar surface area (TPSA) is 193 Å². The van der Waals surface area contributed by atoms with E-state index < -0.39 is 74.6 Å². The van der Waals surface area contributed by atoms with Crippen molar-refractivity contribution in [3.63, 3.8) is 0 Å². The number of carbonyl (C=O) groups excluding carboxylic acids is 2. The normalized spacial score (nSPS) is 14.4. The fourth-order valence-electron chi connectivity index (χ4n) is 3.41. The number of benzene rings is 2. The molecule has 0 unspecified atom stereocenters. The molecule has 4 N–H and O–H groups in total. The number of hydrogen-bond donors (Lipinski definition) is 4. The molecule has 0 amide bonds. The van der Waals surface area contributed by atoms with Crippen molar-refractivity contribution < 1.29 is 53.9 Å². The Labute approximate surface area is 165 Å². The quantitative estimate of drug-likeness (QED) is 0.387. The van der Waals surface area contributed by atoms with Gasteiger partial charge in [-0.25, -0.2) is 28.8 Å². The molecule has 1 aliphatic heterocycles. The molecule has 0 bridgehead atoms. The zero-order valence-electron chi connectivity index (χ0n) is 14.6. The molecule has 30 heavy (non-hydrogen) atoms. The Morgan fingerprint density at radius 1 is 0.633 bits per heavy atom. The molecule has 0 saturated carbocycles. The van der Waals surface area contributed by atoms with Crippen LogP contribution in [0.2, 0.25) is 0 Å². The lowest BCUT2D eigenvalue weighted by atomic mass is 9.67. The maximum Gasteiger partial charge on any atom is 0.340 e. The number of hydrogen-bond acceptors (Lipinski definition) is 7. The molecule has 2 aromatic carbocycles. The van der Waals surface area contributed by atoms with Crippen LogP contribution in [0.25, 0.3) is 0 Å². The summed E-state index contributed by atoms with van der Waals surface area (Å²) in [6.07, 6.45) is 0. The van der Waals surface area contributed by atoms with Gasteiger partial charge in [0.25, 0.3) is 0 Å². The lowest BCUT2D eigenvalue weighted by Crippen LogP contribution is -2.59. The molecule has 152 valence electrons. The highest BCUT2D eigenvalue weighted by atomic mass is 16.6. The van der Waals surface area contributed by atoms with Crippen LogP contribution in [0.4, 0.5) is 0 Å². The summed E-state index contributed by atoms with van der Waals surface area (Å²) in [6.45, 7) is 0. The number of rotatable bonds is 6. The number of aromatic carboxylic acids is 4. The van der Waals surface area contributed by atoms with Gasteiger partial charge in [-0.3, -0.25) is 0 Å². The highest BCUT2D eigenvalue weighted by Crippen LogP contribution is 2.45. The summed E-state index contributed by atoms with van der Waals surface area (Å²) >= 11 is 0. The van der Waals surface area contributed by atoms with Crippen LogP contribution in [0, 0.1) is 0 Å². The number of esters is 2. The number of carboxylic acid groups (broad SMARTS) is 4. The van der Waals surface area contributed by atoms with E-state index in [9.17, 15) is 49.2 Å². The molecule has 0 radical (unpaired) electrons. The Bertz CT molecular complexity index is 1080. The van der Waals surface area contributed by atoms with E-state index in [0.717, 1.165) is 36.4 Å². The van der Waals surface area contributed by atoms with Crippen LogP contribution in [0.1, 0.15) is 52.6 Å². The standard InChI is InChI=1S/C19H10O11/c20-13(21)7-3-1-5-9(11(7)15(24)25)19(17(28)30-18(19)29)10-6-2-4-8(14(22)23)12(10)16(26)27/h1-6H,(H,20,21)(H,22,23)(H,24,25)(H,26,27). The zero-order valence-corrected chi connectivity index (χ0v) is 14.6. The van der Waals surface area contributed by atoms with Crippen LogP contribution >= 0.6 is 0 Å². The van der Waals surface area contributed by atoms with Crippen LogP contribution in [0.15, 0.2) is 36.4 Å². The van der Waals surface area contributed by atoms with Crippen molar-refractivity contribution in [1.82, 2.24) is 0 Å². The van der Waals surface area contributed by atoms with Crippen molar-refractivity contribution >= 4 is 35.8 Å². The molecule has 2 aromatic rings. The zero-order chi connectivity index (χ0) is 22.4. The SMILES string of the molecule is O=C(O)c1cccc(C2(c3cccc(C(=O)O)c3C(=O)O)C(=O)OC2=O)c1C(=O)O. The van der Waals surface area contributed by atoms with Gasteiger partial charge in [0.05, 0.1) is 22.3 Å². The molecule has 0 spiro atoms. The molecule has 0 atom stereocenters. The van der Waals surface area contributed by atoms with E-state index in [0.29, 0.717) is 0 Å². The van der Waals surface area contributed by atoms with Crippen molar-refractivity contribution in [2.75, 3.05) is 0 Å². The maximum atomic E-state index is 12.6. The van der Waals surface area contributed by atoms with Gasteiger partial charge in [0.1, 0.15) is 0 Å². The van der Waals surface area contributed by atoms with Gasteiger partial charge in [0, 0.05) is 11.1 Å². The summed E-state index contributed by atoms with van der Waals surface area (Å²) in [7, 11) is 0. The van der Waals surface area contributed by atoms with Gasteiger partial charge in [-0.2, -0.15) is 0 Å². The fourth-order valence-corrected chi connectivity index (χ4v) is 3.41. The van der Waals surface area contributed by atoms with Crippen LogP contribution in [-0.2, 0) is 19.7 Å². The highest BCUT2D eigenvalue weighted by molar-refractivity contribution is 6.25. The van der Waals surface area contributed by atoms with Crippen LogP contribution < -0.4 is 0 Å². The maximum absolute atomic E-state index is 12.6. The summed E-state index contributed by atoms with van der Waals surface area (Å²) in [6, 6.07) is 5.90. The average Bonchev–Trinajstić information content (AvgIpc) is 2.67. The Kier molecular flexibility index (Phi) is 4.59. The summed E-state index contributed by atoms with van der Waals surface area (Å²) < 4.78 is 4.38. The van der Waals surface area contributed by atoms with E-state index in [1.807, 2.05) is 0 Å². The van der Waals surface area contributed by atoms with Crippen LogP contribution in [-0.4, -0.2) is 56.2 Å². The van der Waals surface area contributed by atoms with Crippen molar-refractivity contribution in [3.05, 3.63) is 69.8 Å². The largest absolute Gasteiger partial charge is 0.478 e. The minimum absolute atomic E-state index is 0.652. The van der Waals surface area contributed by atoms with Gasteiger partial charge in [0.2, 0.25) is 5.41 Å². The van der Waals surface area contributed by atoms with Gasteiger partial charge in [0.15, 0.2) is 0 Å². The first-order valence-corrected chi connectivity index (χ1v) is 8.02. The van der Waals surface area contributed by atoms with E-state index in [1.165, 1.54) is 0 Å². The summed E-state index contributed by atoms with van der Waals surface area (Å²) in [5, 5.41) is 37.8. The number of cyclic esters (lactones) is 2. The number of carbonyl (C=O) groups is 6. The molecule has 0 aliphatic carbocycles. The lowest BCUT2D eigenvalue weighted by molar-refractivity contribution is -0.184. The summed E-state index contributed by atoms with van der Waals surface area (Å²) in [5.41, 5.74) is -7.38. The second kappa shape index (κ2) is 6.81. The van der Waals surface area contributed by atoms with E-state index in [-0.39, 0.29) is 0 Å². The highest BCUT2D eigenvalue weighted by Gasteiger charge is 2.64. The predicted octanol–water partition coefficient (Wildman–Crippen LogP) is 0.849. The molecule has 1 fully saturated rings. The lowest BCUT2D eigenvalue weighted by Gasteiger charge is -2.38. The third-order valence-electron chi connectivity index (χ3n) is 4.62. The first-order valence-electron chi connectivity index (χ1n) is 8.02. The molecule has 1 heterocycles. The van der Waals surface area contributed by atoms with Crippen molar-refractivity contribution in [1.29, 1.82) is 0 Å². The van der Waals surface area contributed by atoms with E-state index in [2.05, 4.69) is 4.74 Å². The second-order valence-corrected chi connectivity index (χ2v) is 6.10. The Morgan fingerprint density at radius 3 is 1.27 bits per heavy atom. The fraction of sp³-hybridized carbons (Fsp3) is 0.0526. The number of ether oxygens (including phenoxy) is 1. The Morgan fingerprint density at radius 2 is 1.00 bits per heavy atom. The van der Waals surface area contributed by atoms with Gasteiger partial charge in [-0.05, 0) is 12.1 Å². The van der Waals surface area contributed by atoms with Crippen molar-refractivity contribution in [2.45, 2.75) is 5.41 Å². The molecule has 1 saturated heterocycles. The Balaban J connectivity index is 2.52.